The second kappa shape index (κ2) is 5.80. The number of nitrogens with zero attached hydrogens (tertiary/aromatic N) is 3. The summed E-state index contributed by atoms with van der Waals surface area (Å²) in [6, 6.07) is 11.3. The lowest BCUT2D eigenvalue weighted by atomic mass is 10.1. The molecule has 26 heavy (non-hydrogen) atoms. The van der Waals surface area contributed by atoms with Gasteiger partial charge >= 0.3 is 11.1 Å². The quantitative estimate of drug-likeness (QED) is 0.562. The molecule has 0 aliphatic heterocycles. The van der Waals surface area contributed by atoms with Crippen molar-refractivity contribution in [2.24, 2.45) is 7.05 Å². The van der Waals surface area contributed by atoms with Crippen LogP contribution in [0.15, 0.2) is 50.5 Å². The Labute approximate surface area is 147 Å². The number of H-pyrrole nitrogens is 1. The van der Waals surface area contributed by atoms with Crippen LogP contribution in [0.5, 0.6) is 0 Å². The molecule has 0 bridgehead atoms. The Morgan fingerprint density at radius 1 is 1.00 bits per heavy atom. The molecule has 0 amide bonds. The fourth-order valence-corrected chi connectivity index (χ4v) is 3.06. The number of hydrogen-bond acceptors (Lipinski definition) is 5. The van der Waals surface area contributed by atoms with Crippen LogP contribution < -0.4 is 11.1 Å². The molecule has 0 atom stereocenters. The minimum atomic E-state index is -0.666. The van der Waals surface area contributed by atoms with Crippen molar-refractivity contribution in [1.82, 2.24) is 19.7 Å². The van der Waals surface area contributed by atoms with Crippen LogP contribution in [0.3, 0.4) is 0 Å². The third kappa shape index (κ3) is 2.63. The molecule has 2 aromatic carbocycles. The summed E-state index contributed by atoms with van der Waals surface area (Å²) < 4.78 is 6.72. The number of hydrogen-bond donors (Lipinski definition) is 1. The largest absolute Gasteiger partial charge is 0.334 e. The van der Waals surface area contributed by atoms with Crippen LogP contribution >= 0.6 is 0 Å². The Morgan fingerprint density at radius 2 is 1.73 bits per heavy atom. The Hall–Kier alpha value is -3.48. The van der Waals surface area contributed by atoms with E-state index in [0.29, 0.717) is 28.3 Å². The number of rotatable bonds is 2. The highest BCUT2D eigenvalue weighted by Gasteiger charge is 2.13. The zero-order valence-electron chi connectivity index (χ0n) is 14.5. The van der Waals surface area contributed by atoms with Crippen LogP contribution in [0, 0.1) is 13.8 Å². The molecule has 0 radical (unpaired) electrons. The van der Waals surface area contributed by atoms with Crippen molar-refractivity contribution in [2.75, 3.05) is 0 Å². The highest BCUT2D eigenvalue weighted by Crippen LogP contribution is 2.25. The molecular formula is C19H16N4O3. The van der Waals surface area contributed by atoms with Crippen molar-refractivity contribution in [2.45, 2.75) is 13.8 Å². The topological polar surface area (TPSA) is 93.8 Å². The molecule has 7 heteroatoms. The number of aromatic amines is 1. The standard InChI is InChI=1S/C19H16N4O3/c1-10-6-11(2)8-13(7-10)18-21-16(22-26-18)12-4-5-15-14(9-12)20-17(24)19(25)23(15)3/h4-9H,1-3H3,(H,20,24). The molecule has 0 aliphatic rings. The number of aryl methyl sites for hydroxylation is 3. The monoisotopic (exact) mass is 348 g/mol. The highest BCUT2D eigenvalue weighted by molar-refractivity contribution is 5.80. The lowest BCUT2D eigenvalue weighted by Gasteiger charge is -2.04. The SMILES string of the molecule is Cc1cc(C)cc(-c2nc(-c3ccc4c(c3)[nH]c(=O)c(=O)n4C)no2)c1. The maximum atomic E-state index is 11.7. The van der Waals surface area contributed by atoms with Crippen LogP contribution in [0.2, 0.25) is 0 Å². The lowest BCUT2D eigenvalue weighted by Crippen LogP contribution is -2.34. The molecule has 0 saturated carbocycles. The van der Waals surface area contributed by atoms with Crippen molar-refractivity contribution < 1.29 is 4.52 Å². The summed E-state index contributed by atoms with van der Waals surface area (Å²) in [7, 11) is 1.56. The smallest absolute Gasteiger partial charge is 0.316 e. The first-order valence-electron chi connectivity index (χ1n) is 8.08. The molecule has 4 aromatic rings. The molecule has 0 fully saturated rings. The van der Waals surface area contributed by atoms with Crippen molar-refractivity contribution in [1.29, 1.82) is 0 Å². The van der Waals surface area contributed by atoms with Gasteiger partial charge in [-0.15, -0.1) is 0 Å². The molecule has 0 saturated heterocycles. The molecule has 1 N–H and O–H groups in total. The summed E-state index contributed by atoms with van der Waals surface area (Å²) >= 11 is 0. The van der Waals surface area contributed by atoms with E-state index in [2.05, 4.69) is 21.2 Å². The zero-order valence-corrected chi connectivity index (χ0v) is 14.5. The normalized spacial score (nSPS) is 11.2. The molecule has 4 rings (SSSR count). The Balaban J connectivity index is 1.81. The van der Waals surface area contributed by atoms with Crippen LogP contribution in [-0.2, 0) is 7.05 Å². The van der Waals surface area contributed by atoms with E-state index in [0.717, 1.165) is 16.7 Å². The van der Waals surface area contributed by atoms with E-state index in [1.54, 1.807) is 25.2 Å². The van der Waals surface area contributed by atoms with Crippen molar-refractivity contribution in [3.63, 3.8) is 0 Å². The lowest BCUT2D eigenvalue weighted by molar-refractivity contribution is 0.432. The van der Waals surface area contributed by atoms with Crippen molar-refractivity contribution in [3.05, 3.63) is 68.2 Å². The fraction of sp³-hybridized carbons (Fsp3) is 0.158. The van der Waals surface area contributed by atoms with Gasteiger partial charge in [0.05, 0.1) is 11.0 Å². The summed E-state index contributed by atoms with van der Waals surface area (Å²) in [5, 5.41) is 4.04. The second-order valence-corrected chi connectivity index (χ2v) is 6.35. The van der Waals surface area contributed by atoms with Crippen molar-refractivity contribution in [3.8, 4) is 22.8 Å². The summed E-state index contributed by atoms with van der Waals surface area (Å²) in [6.45, 7) is 4.02. The molecule has 2 aromatic heterocycles. The number of fused-ring (bicyclic) bond motifs is 1. The minimum absolute atomic E-state index is 0.413. The Kier molecular flexibility index (Phi) is 3.57. The van der Waals surface area contributed by atoms with Gasteiger partial charge in [-0.2, -0.15) is 4.98 Å². The van der Waals surface area contributed by atoms with Gasteiger partial charge in [0.2, 0.25) is 5.82 Å². The van der Waals surface area contributed by atoms with Gasteiger partial charge in [-0.1, -0.05) is 22.3 Å². The first kappa shape index (κ1) is 16.0. The molecule has 0 spiro atoms. The van der Waals surface area contributed by atoms with E-state index in [9.17, 15) is 9.59 Å². The van der Waals surface area contributed by atoms with Gasteiger partial charge in [0.1, 0.15) is 0 Å². The summed E-state index contributed by atoms with van der Waals surface area (Å²) in [4.78, 5) is 30.5. The summed E-state index contributed by atoms with van der Waals surface area (Å²) in [5.41, 5.74) is 3.67. The van der Waals surface area contributed by atoms with Gasteiger partial charge in [0, 0.05) is 18.2 Å². The molecular weight excluding hydrogens is 332 g/mol. The van der Waals surface area contributed by atoms with Crippen LogP contribution in [0.25, 0.3) is 33.9 Å². The molecule has 2 heterocycles. The minimum Gasteiger partial charge on any atom is -0.334 e. The third-order valence-electron chi connectivity index (χ3n) is 4.26. The van der Waals surface area contributed by atoms with E-state index in [1.807, 2.05) is 26.0 Å². The second-order valence-electron chi connectivity index (χ2n) is 6.35. The van der Waals surface area contributed by atoms with Crippen molar-refractivity contribution >= 4 is 11.0 Å². The predicted molar refractivity (Wildman–Crippen MR) is 98.0 cm³/mol. The number of aromatic nitrogens is 4. The summed E-state index contributed by atoms with van der Waals surface area (Å²) in [5.74, 6) is 0.844. The van der Waals surface area contributed by atoms with Crippen LogP contribution in [0.4, 0.5) is 0 Å². The number of nitrogens with one attached hydrogen (secondary N) is 1. The Morgan fingerprint density at radius 3 is 2.46 bits per heavy atom. The Bertz CT molecular complexity index is 1240. The van der Waals surface area contributed by atoms with Gasteiger partial charge in [-0.05, 0) is 44.2 Å². The van der Waals surface area contributed by atoms with E-state index >= 15 is 0 Å². The van der Waals surface area contributed by atoms with Gasteiger partial charge in [0.15, 0.2) is 0 Å². The van der Waals surface area contributed by atoms with Gasteiger partial charge in [-0.3, -0.25) is 9.59 Å². The van der Waals surface area contributed by atoms with E-state index < -0.39 is 11.1 Å². The van der Waals surface area contributed by atoms with E-state index in [-0.39, 0.29) is 0 Å². The molecule has 0 unspecified atom stereocenters. The maximum Gasteiger partial charge on any atom is 0.316 e. The zero-order chi connectivity index (χ0) is 18.4. The summed E-state index contributed by atoms with van der Waals surface area (Å²) in [6.07, 6.45) is 0. The fourth-order valence-electron chi connectivity index (χ4n) is 3.06. The first-order valence-corrected chi connectivity index (χ1v) is 8.08. The highest BCUT2D eigenvalue weighted by atomic mass is 16.5. The molecule has 7 nitrogen and oxygen atoms in total. The average molecular weight is 348 g/mol. The van der Waals surface area contributed by atoms with Gasteiger partial charge in [0.25, 0.3) is 5.89 Å². The van der Waals surface area contributed by atoms with Crippen LogP contribution in [0.1, 0.15) is 11.1 Å². The number of benzene rings is 2. The molecule has 130 valence electrons. The van der Waals surface area contributed by atoms with E-state index in [1.165, 1.54) is 4.57 Å². The third-order valence-corrected chi connectivity index (χ3v) is 4.26. The van der Waals surface area contributed by atoms with E-state index in [4.69, 9.17) is 4.52 Å². The average Bonchev–Trinajstić information content (AvgIpc) is 3.09. The van der Waals surface area contributed by atoms with Crippen LogP contribution in [-0.4, -0.2) is 19.7 Å². The predicted octanol–water partition coefficient (Wildman–Crippen LogP) is 2.56. The first-order chi connectivity index (χ1) is 12.4. The van der Waals surface area contributed by atoms with Gasteiger partial charge in [-0.25, -0.2) is 0 Å². The molecule has 0 aliphatic carbocycles. The van der Waals surface area contributed by atoms with Gasteiger partial charge < -0.3 is 14.1 Å². The maximum absolute atomic E-state index is 11.7.